The number of carbonyl (C=O) groups is 1. The van der Waals surface area contributed by atoms with Crippen molar-refractivity contribution in [2.75, 3.05) is 29.9 Å². The summed E-state index contributed by atoms with van der Waals surface area (Å²) in [5.41, 5.74) is 2.33. The van der Waals surface area contributed by atoms with E-state index in [1.807, 2.05) is 30.3 Å². The van der Waals surface area contributed by atoms with E-state index < -0.39 is 21.9 Å². The fourth-order valence-electron chi connectivity index (χ4n) is 4.59. The number of benzene rings is 2. The summed E-state index contributed by atoms with van der Waals surface area (Å²) >= 11 is 0. The molecule has 0 spiro atoms. The van der Waals surface area contributed by atoms with Crippen molar-refractivity contribution < 1.29 is 22.0 Å². The number of amides is 1. The number of H-pyrrole nitrogens is 1. The SMILES string of the molecule is N#Cc1c(N2CCC(F)(F)CC2)n[nH]c1NC(=O)c1ccc(S(=O)(=O)N2CCc3ccccc3C2)cc1. The van der Waals surface area contributed by atoms with Gasteiger partial charge < -0.3 is 10.2 Å². The quantitative estimate of drug-likeness (QED) is 0.525. The Hall–Kier alpha value is -3.82. The monoisotopic (exact) mass is 526 g/mol. The molecule has 9 nitrogen and oxygen atoms in total. The molecule has 5 rings (SSSR count). The molecule has 37 heavy (non-hydrogen) atoms. The van der Waals surface area contributed by atoms with Crippen LogP contribution >= 0.6 is 0 Å². The Morgan fingerprint density at radius 3 is 2.41 bits per heavy atom. The van der Waals surface area contributed by atoms with Crippen LogP contribution in [0.25, 0.3) is 0 Å². The zero-order valence-corrected chi connectivity index (χ0v) is 20.6. The minimum Gasteiger partial charge on any atom is -0.354 e. The van der Waals surface area contributed by atoms with Crippen LogP contribution in [-0.4, -0.2) is 54.4 Å². The molecule has 1 saturated heterocycles. The number of nitriles is 1. The van der Waals surface area contributed by atoms with E-state index in [-0.39, 0.29) is 60.1 Å². The van der Waals surface area contributed by atoms with Crippen molar-refractivity contribution >= 4 is 27.6 Å². The second-order valence-electron chi connectivity index (χ2n) is 9.09. The Labute approximate surface area is 212 Å². The number of aromatic nitrogens is 2. The number of piperidine rings is 1. The minimum absolute atomic E-state index is 0.0401. The van der Waals surface area contributed by atoms with Gasteiger partial charge in [-0.25, -0.2) is 17.2 Å². The number of carbonyl (C=O) groups excluding carboxylic acids is 1. The summed E-state index contributed by atoms with van der Waals surface area (Å²) < 4.78 is 54.7. The lowest BCUT2D eigenvalue weighted by molar-refractivity contribution is -0.0221. The molecule has 0 aliphatic carbocycles. The third-order valence-corrected chi connectivity index (χ3v) is 8.60. The first-order chi connectivity index (χ1) is 17.7. The molecule has 0 saturated carbocycles. The summed E-state index contributed by atoms with van der Waals surface area (Å²) in [6, 6.07) is 15.3. The molecule has 2 aromatic carbocycles. The van der Waals surface area contributed by atoms with E-state index in [1.165, 1.54) is 28.6 Å². The number of nitrogens with one attached hydrogen (secondary N) is 2. The third kappa shape index (κ3) is 4.92. The summed E-state index contributed by atoms with van der Waals surface area (Å²) in [5, 5.41) is 18.8. The van der Waals surface area contributed by atoms with E-state index in [9.17, 15) is 27.3 Å². The minimum atomic E-state index is -3.75. The van der Waals surface area contributed by atoms with E-state index in [1.54, 1.807) is 4.90 Å². The molecule has 2 N–H and O–H groups in total. The highest BCUT2D eigenvalue weighted by atomic mass is 32.2. The van der Waals surface area contributed by atoms with Crippen molar-refractivity contribution in [1.29, 1.82) is 5.26 Å². The highest BCUT2D eigenvalue weighted by Gasteiger charge is 2.36. The van der Waals surface area contributed by atoms with Gasteiger partial charge in [0.25, 0.3) is 11.8 Å². The van der Waals surface area contributed by atoms with Crippen LogP contribution in [0.1, 0.15) is 39.9 Å². The van der Waals surface area contributed by atoms with Crippen LogP contribution in [-0.2, 0) is 23.0 Å². The van der Waals surface area contributed by atoms with Gasteiger partial charge in [-0.2, -0.15) is 14.7 Å². The highest BCUT2D eigenvalue weighted by molar-refractivity contribution is 7.89. The molecule has 0 bridgehead atoms. The van der Waals surface area contributed by atoms with Gasteiger partial charge in [0.2, 0.25) is 10.0 Å². The number of halogens is 2. The number of sulfonamides is 1. The summed E-state index contributed by atoms with van der Waals surface area (Å²) in [5.74, 6) is -3.07. The molecular formula is C25H24F2N6O3S. The number of hydrogen-bond acceptors (Lipinski definition) is 6. The van der Waals surface area contributed by atoms with Gasteiger partial charge in [-0.15, -0.1) is 0 Å². The van der Waals surface area contributed by atoms with E-state index in [0.29, 0.717) is 13.0 Å². The second-order valence-corrected chi connectivity index (χ2v) is 11.0. The standard InChI is InChI=1S/C25H24F2N6O3S/c26-25(27)10-13-32(14-11-25)23-21(15-28)22(30-31-23)29-24(34)18-5-7-20(8-6-18)37(35,36)33-12-9-17-3-1-2-4-19(17)16-33/h1-8H,9-14,16H2,(H2,29,30,31,34). The van der Waals surface area contributed by atoms with Gasteiger partial charge in [0.1, 0.15) is 17.5 Å². The zero-order chi connectivity index (χ0) is 26.2. The molecule has 1 amide bonds. The Bertz CT molecular complexity index is 1470. The van der Waals surface area contributed by atoms with Crippen LogP contribution in [0.2, 0.25) is 0 Å². The lowest BCUT2D eigenvalue weighted by Gasteiger charge is -2.31. The Kier molecular flexibility index (Phi) is 6.43. The fourth-order valence-corrected chi connectivity index (χ4v) is 6.01. The lowest BCUT2D eigenvalue weighted by Crippen LogP contribution is -2.39. The number of fused-ring (bicyclic) bond motifs is 1. The van der Waals surface area contributed by atoms with E-state index in [0.717, 1.165) is 11.1 Å². The van der Waals surface area contributed by atoms with Crippen LogP contribution < -0.4 is 10.2 Å². The molecule has 0 atom stereocenters. The summed E-state index contributed by atoms with van der Waals surface area (Å²) in [6.07, 6.45) is -0.0552. The number of rotatable bonds is 5. The zero-order valence-electron chi connectivity index (χ0n) is 19.7. The molecule has 2 aliphatic heterocycles. The average molecular weight is 527 g/mol. The smallest absolute Gasteiger partial charge is 0.256 e. The first-order valence-electron chi connectivity index (χ1n) is 11.8. The predicted octanol–water partition coefficient (Wildman–Crippen LogP) is 3.52. The first kappa shape index (κ1) is 24.9. The van der Waals surface area contributed by atoms with Gasteiger partial charge in [0, 0.05) is 44.6 Å². The number of hydrogen-bond donors (Lipinski definition) is 2. The maximum atomic E-state index is 13.5. The molecule has 2 aliphatic rings. The van der Waals surface area contributed by atoms with Crippen molar-refractivity contribution in [3.63, 3.8) is 0 Å². The highest BCUT2D eigenvalue weighted by Crippen LogP contribution is 2.33. The van der Waals surface area contributed by atoms with Crippen LogP contribution in [0.15, 0.2) is 53.4 Å². The molecule has 0 unspecified atom stereocenters. The Morgan fingerprint density at radius 1 is 1.05 bits per heavy atom. The number of alkyl halides is 2. The third-order valence-electron chi connectivity index (χ3n) is 6.74. The van der Waals surface area contributed by atoms with Crippen molar-refractivity contribution in [2.45, 2.75) is 36.6 Å². The maximum absolute atomic E-state index is 13.5. The van der Waals surface area contributed by atoms with Crippen LogP contribution in [0.5, 0.6) is 0 Å². The van der Waals surface area contributed by atoms with Gasteiger partial charge in [0.15, 0.2) is 5.82 Å². The van der Waals surface area contributed by atoms with E-state index in [2.05, 4.69) is 15.5 Å². The molecular weight excluding hydrogens is 502 g/mol. The fraction of sp³-hybridized carbons (Fsp3) is 0.320. The van der Waals surface area contributed by atoms with Gasteiger partial charge >= 0.3 is 0 Å². The van der Waals surface area contributed by atoms with Crippen LogP contribution in [0.3, 0.4) is 0 Å². The molecule has 1 aromatic heterocycles. The Morgan fingerprint density at radius 2 is 1.73 bits per heavy atom. The lowest BCUT2D eigenvalue weighted by atomic mass is 10.0. The number of nitrogens with zero attached hydrogens (tertiary/aromatic N) is 4. The summed E-state index contributed by atoms with van der Waals surface area (Å²) in [6.45, 7) is 0.737. The molecule has 3 aromatic rings. The first-order valence-corrected chi connectivity index (χ1v) is 13.2. The summed E-state index contributed by atoms with van der Waals surface area (Å²) in [7, 11) is -3.75. The Balaban J connectivity index is 1.28. The molecule has 3 heterocycles. The van der Waals surface area contributed by atoms with Crippen molar-refractivity contribution in [2.24, 2.45) is 0 Å². The van der Waals surface area contributed by atoms with Crippen LogP contribution in [0, 0.1) is 11.3 Å². The van der Waals surface area contributed by atoms with Gasteiger partial charge in [-0.05, 0) is 41.8 Å². The molecule has 0 radical (unpaired) electrons. The van der Waals surface area contributed by atoms with Crippen molar-refractivity contribution in [1.82, 2.24) is 14.5 Å². The van der Waals surface area contributed by atoms with E-state index in [4.69, 9.17) is 0 Å². The molecule has 12 heteroatoms. The maximum Gasteiger partial charge on any atom is 0.256 e. The van der Waals surface area contributed by atoms with Crippen LogP contribution in [0.4, 0.5) is 20.4 Å². The average Bonchev–Trinajstić information content (AvgIpc) is 3.30. The normalized spacial score (nSPS) is 17.6. The molecule has 1 fully saturated rings. The van der Waals surface area contributed by atoms with Gasteiger partial charge in [-0.1, -0.05) is 24.3 Å². The number of anilines is 2. The van der Waals surface area contributed by atoms with Crippen molar-refractivity contribution in [3.05, 3.63) is 70.8 Å². The number of aromatic amines is 1. The summed E-state index contributed by atoms with van der Waals surface area (Å²) in [4.78, 5) is 14.5. The van der Waals surface area contributed by atoms with Gasteiger partial charge in [-0.3, -0.25) is 9.89 Å². The van der Waals surface area contributed by atoms with Gasteiger partial charge in [0.05, 0.1) is 4.90 Å². The second kappa shape index (κ2) is 9.57. The predicted molar refractivity (Wildman–Crippen MR) is 132 cm³/mol. The van der Waals surface area contributed by atoms with E-state index >= 15 is 0 Å². The van der Waals surface area contributed by atoms with Crippen molar-refractivity contribution in [3.8, 4) is 6.07 Å². The molecule has 192 valence electrons. The largest absolute Gasteiger partial charge is 0.354 e. The topological polar surface area (TPSA) is 122 Å².